The van der Waals surface area contributed by atoms with E-state index in [0.29, 0.717) is 28.5 Å². The Labute approximate surface area is 329 Å². The normalized spacial score (nSPS) is 12.7. The standard InChI is InChI=1S/C30H26N3O.C15H17FNSi.Ir/c1-17(2)24-12-11-22-23-16-21(10-13-27(23)34-30(22)32-24)29-31-25-8-6-7-9-26(25)33(29)28-19(4)14-18(3)15-20(28)5;1-11-9-14(12-5-7-13(16)8-6-12)17-10-15(11)18(2,3)4;/h6-9,11-17H,1-5H3;5,7-10H,1-4H3;/q2*-1;/i;1D3;. The van der Waals surface area contributed by atoms with Crippen molar-refractivity contribution in [2.45, 2.75) is 67.0 Å². The third-order valence-electron chi connectivity index (χ3n) is 9.31. The van der Waals surface area contributed by atoms with Crippen LogP contribution in [0.2, 0.25) is 19.6 Å². The molecule has 8 rings (SSSR count). The second-order valence-electron chi connectivity index (χ2n) is 14.8. The average molecular weight is 898 g/mol. The van der Waals surface area contributed by atoms with Crippen LogP contribution in [0, 0.1) is 45.6 Å². The van der Waals surface area contributed by atoms with E-state index in [2.05, 4.69) is 124 Å². The first-order valence-corrected chi connectivity index (χ1v) is 21.0. The molecule has 4 aromatic heterocycles. The zero-order valence-electron chi connectivity index (χ0n) is 34.1. The van der Waals surface area contributed by atoms with E-state index in [4.69, 9.17) is 18.5 Å². The van der Waals surface area contributed by atoms with Crippen molar-refractivity contribution in [3.63, 3.8) is 0 Å². The van der Waals surface area contributed by atoms with Gasteiger partial charge in [-0.25, -0.2) is 4.98 Å². The van der Waals surface area contributed by atoms with Gasteiger partial charge in [0.05, 0.1) is 30.5 Å². The number of aryl methyl sites for hydroxylation is 4. The van der Waals surface area contributed by atoms with E-state index in [1.54, 1.807) is 18.3 Å². The zero-order chi connectivity index (χ0) is 39.4. The Hall–Kier alpha value is -4.75. The fraction of sp³-hybridized carbons (Fsp3) is 0.222. The topological polar surface area (TPSA) is 56.7 Å². The SMILES string of the molecule is Cc1cc(C)c(-n2c(-c3[c-]cc4oc5nc(C(C)C)ccc5c4c3)nc3ccccc32)c(C)c1.[2H]C([2H])([2H])c1cc(-c2[c-]cc(F)cc2)ncc1[Si](C)(C)C.[Ir]. The van der Waals surface area contributed by atoms with Crippen LogP contribution in [0.25, 0.3) is 61.4 Å². The maximum atomic E-state index is 13.0. The van der Waals surface area contributed by atoms with Gasteiger partial charge in [0.2, 0.25) is 5.71 Å². The number of para-hydroxylation sites is 2. The molecule has 0 unspecified atom stereocenters. The van der Waals surface area contributed by atoms with Crippen LogP contribution < -0.4 is 5.19 Å². The van der Waals surface area contributed by atoms with Gasteiger partial charge in [0.1, 0.15) is 0 Å². The van der Waals surface area contributed by atoms with Crippen LogP contribution in [-0.4, -0.2) is 27.6 Å². The van der Waals surface area contributed by atoms with Crippen LogP contribution in [0.3, 0.4) is 0 Å². The van der Waals surface area contributed by atoms with Gasteiger partial charge in [-0.2, -0.15) is 0 Å². The number of nitrogens with zero attached hydrogens (tertiary/aromatic N) is 4. The number of furan rings is 1. The van der Waals surface area contributed by atoms with Gasteiger partial charge < -0.3 is 14.0 Å². The van der Waals surface area contributed by atoms with Gasteiger partial charge in [-0.05, 0) is 79.8 Å². The molecule has 0 atom stereocenters. The molecule has 5 nitrogen and oxygen atoms in total. The maximum absolute atomic E-state index is 13.0. The minimum Gasteiger partial charge on any atom is -0.486 e. The molecule has 0 spiro atoms. The average Bonchev–Trinajstić information content (AvgIpc) is 3.69. The third kappa shape index (κ3) is 7.54. The number of aromatic nitrogens is 4. The van der Waals surface area contributed by atoms with E-state index >= 15 is 0 Å². The molecule has 0 bridgehead atoms. The smallest absolute Gasteiger partial charge is 0.216 e. The van der Waals surface area contributed by atoms with Gasteiger partial charge >= 0.3 is 0 Å². The number of hydrogen-bond donors (Lipinski definition) is 0. The molecule has 271 valence electrons. The molecule has 0 saturated carbocycles. The van der Waals surface area contributed by atoms with Gasteiger partial charge in [0.15, 0.2) is 0 Å². The van der Waals surface area contributed by atoms with E-state index in [9.17, 15) is 4.39 Å². The number of pyridine rings is 2. The summed E-state index contributed by atoms with van der Waals surface area (Å²) in [4.78, 5) is 14.2. The molecule has 4 heterocycles. The van der Waals surface area contributed by atoms with Crippen molar-refractivity contribution in [2.75, 3.05) is 0 Å². The molecule has 0 aliphatic heterocycles. The van der Waals surface area contributed by atoms with Gasteiger partial charge in [0.25, 0.3) is 0 Å². The molecular weight excluding hydrogens is 852 g/mol. The Morgan fingerprint density at radius 1 is 0.830 bits per heavy atom. The van der Waals surface area contributed by atoms with Crippen molar-refractivity contribution in [3.8, 4) is 28.3 Å². The summed E-state index contributed by atoms with van der Waals surface area (Å²) in [6.45, 7) is 14.8. The summed E-state index contributed by atoms with van der Waals surface area (Å²) in [5.74, 6) is 0.841. The Morgan fingerprint density at radius 3 is 2.25 bits per heavy atom. The second-order valence-corrected chi connectivity index (χ2v) is 19.8. The summed E-state index contributed by atoms with van der Waals surface area (Å²) >= 11 is 0. The maximum Gasteiger partial charge on any atom is 0.216 e. The van der Waals surface area contributed by atoms with E-state index in [0.717, 1.165) is 49.7 Å². The van der Waals surface area contributed by atoms with Crippen molar-refractivity contribution >= 4 is 46.4 Å². The molecule has 0 fully saturated rings. The van der Waals surface area contributed by atoms with Crippen LogP contribution in [-0.2, 0) is 20.1 Å². The number of hydrogen-bond acceptors (Lipinski definition) is 4. The second kappa shape index (κ2) is 14.9. The van der Waals surface area contributed by atoms with Crippen LogP contribution in [0.4, 0.5) is 4.39 Å². The molecule has 0 aliphatic carbocycles. The van der Waals surface area contributed by atoms with E-state index in [1.165, 1.54) is 34.5 Å². The Balaban J connectivity index is 0.000000209. The molecule has 8 aromatic rings. The molecular formula is C45H43FIrN4OSi-2. The van der Waals surface area contributed by atoms with E-state index < -0.39 is 14.9 Å². The number of benzene rings is 4. The number of fused-ring (bicyclic) bond motifs is 4. The molecule has 0 saturated heterocycles. The molecule has 0 aliphatic rings. The van der Waals surface area contributed by atoms with Crippen LogP contribution in [0.5, 0.6) is 0 Å². The zero-order valence-corrected chi connectivity index (χ0v) is 34.5. The summed E-state index contributed by atoms with van der Waals surface area (Å²) in [5, 5.41) is 2.87. The monoisotopic (exact) mass is 898 g/mol. The van der Waals surface area contributed by atoms with Crippen LogP contribution in [0.15, 0.2) is 95.5 Å². The first-order valence-electron chi connectivity index (χ1n) is 19.0. The van der Waals surface area contributed by atoms with Crippen molar-refractivity contribution < 1.29 is 33.0 Å². The van der Waals surface area contributed by atoms with Crippen LogP contribution >= 0.6 is 0 Å². The fourth-order valence-corrected chi connectivity index (χ4v) is 8.12. The first-order chi connectivity index (χ1) is 26.0. The summed E-state index contributed by atoms with van der Waals surface area (Å²) in [6.07, 6.45) is 1.65. The van der Waals surface area contributed by atoms with E-state index in [1.807, 2.05) is 12.1 Å². The number of rotatable bonds is 5. The number of halogens is 1. The minimum absolute atomic E-state index is 0. The van der Waals surface area contributed by atoms with Crippen molar-refractivity contribution in [3.05, 3.63) is 137 Å². The molecule has 4 aromatic carbocycles. The summed E-state index contributed by atoms with van der Waals surface area (Å²) in [6, 6.07) is 32.9. The Kier molecular flexibility index (Phi) is 9.59. The van der Waals surface area contributed by atoms with Crippen molar-refractivity contribution in [1.29, 1.82) is 0 Å². The quantitative estimate of drug-likeness (QED) is 0.128. The van der Waals surface area contributed by atoms with Gasteiger partial charge in [-0.1, -0.05) is 80.3 Å². The molecule has 8 heteroatoms. The summed E-state index contributed by atoms with van der Waals surface area (Å²) in [5.41, 5.74) is 11.8. The van der Waals surface area contributed by atoms with E-state index in [-0.39, 0.29) is 25.9 Å². The molecule has 0 amide bonds. The summed E-state index contributed by atoms with van der Waals surface area (Å²) in [7, 11) is -1.81. The predicted octanol–water partition coefficient (Wildman–Crippen LogP) is 11.4. The van der Waals surface area contributed by atoms with Gasteiger partial charge in [-0.15, -0.1) is 53.6 Å². The van der Waals surface area contributed by atoms with Crippen molar-refractivity contribution in [2.24, 2.45) is 0 Å². The molecule has 1 radical (unpaired) electrons. The number of imidazole rings is 1. The van der Waals surface area contributed by atoms with Gasteiger partial charge in [0, 0.05) is 53.0 Å². The largest absolute Gasteiger partial charge is 0.486 e. The van der Waals surface area contributed by atoms with Crippen molar-refractivity contribution in [1.82, 2.24) is 19.5 Å². The Bertz CT molecular complexity index is 2690. The third-order valence-corrected chi connectivity index (χ3v) is 11.3. The minimum atomic E-state index is -2.19. The molecule has 0 N–H and O–H groups in total. The first kappa shape index (κ1) is 34.0. The van der Waals surface area contributed by atoms with Gasteiger partial charge in [-0.3, -0.25) is 9.37 Å². The Morgan fingerprint density at radius 2 is 1.57 bits per heavy atom. The van der Waals surface area contributed by atoms with Crippen LogP contribution in [0.1, 0.15) is 51.8 Å². The fourth-order valence-electron chi connectivity index (χ4n) is 6.79. The summed E-state index contributed by atoms with van der Waals surface area (Å²) < 4.78 is 44.6. The predicted molar refractivity (Wildman–Crippen MR) is 215 cm³/mol. The molecule has 53 heavy (non-hydrogen) atoms.